The molecule has 1 heterocycles. The average molecular weight is 262 g/mol. The number of halogens is 2. The fourth-order valence-electron chi connectivity index (χ4n) is 1.69. The highest BCUT2D eigenvalue weighted by atomic mass is 32.2. The SMILES string of the molecule is Cn1c(CCN)nnc1SCCC1CC1(F)F. The first kappa shape index (κ1) is 12.8. The van der Waals surface area contributed by atoms with Crippen LogP contribution in [-0.4, -0.2) is 33.0 Å². The highest BCUT2D eigenvalue weighted by molar-refractivity contribution is 7.99. The van der Waals surface area contributed by atoms with Crippen LogP contribution in [0.25, 0.3) is 0 Å². The highest BCUT2D eigenvalue weighted by Crippen LogP contribution is 2.51. The summed E-state index contributed by atoms with van der Waals surface area (Å²) in [6.07, 6.45) is 1.27. The number of nitrogens with two attached hydrogens (primary N) is 1. The molecular weight excluding hydrogens is 246 g/mol. The van der Waals surface area contributed by atoms with Gasteiger partial charge in [0.1, 0.15) is 5.82 Å². The Kier molecular flexibility index (Phi) is 3.67. The van der Waals surface area contributed by atoms with E-state index in [4.69, 9.17) is 5.73 Å². The summed E-state index contributed by atoms with van der Waals surface area (Å²) in [5, 5.41) is 8.81. The molecule has 1 fully saturated rings. The third-order valence-electron chi connectivity index (χ3n) is 2.95. The van der Waals surface area contributed by atoms with Gasteiger partial charge in [0, 0.05) is 31.6 Å². The fourth-order valence-corrected chi connectivity index (χ4v) is 2.68. The van der Waals surface area contributed by atoms with E-state index in [1.54, 1.807) is 0 Å². The molecular formula is C10H16F2N4S. The number of aromatic nitrogens is 3. The number of rotatable bonds is 6. The fraction of sp³-hybridized carbons (Fsp3) is 0.800. The summed E-state index contributed by atoms with van der Waals surface area (Å²) in [6.45, 7) is 0.533. The van der Waals surface area contributed by atoms with Gasteiger partial charge in [0.25, 0.3) is 5.92 Å². The zero-order chi connectivity index (χ0) is 12.5. The highest BCUT2D eigenvalue weighted by Gasteiger charge is 2.55. The Bertz CT molecular complexity index is 394. The molecule has 17 heavy (non-hydrogen) atoms. The Hall–Kier alpha value is -0.690. The van der Waals surface area contributed by atoms with Crippen LogP contribution in [-0.2, 0) is 13.5 Å². The summed E-state index contributed by atoms with van der Waals surface area (Å²) in [5.74, 6) is -1.33. The maximum Gasteiger partial charge on any atom is 0.251 e. The van der Waals surface area contributed by atoms with E-state index in [1.807, 2.05) is 11.6 Å². The average Bonchev–Trinajstić information content (AvgIpc) is 2.73. The summed E-state index contributed by atoms with van der Waals surface area (Å²) in [7, 11) is 1.87. The van der Waals surface area contributed by atoms with Gasteiger partial charge in [-0.3, -0.25) is 0 Å². The molecule has 0 aliphatic heterocycles. The van der Waals surface area contributed by atoms with E-state index in [1.165, 1.54) is 11.8 Å². The minimum absolute atomic E-state index is 0.0464. The van der Waals surface area contributed by atoms with E-state index >= 15 is 0 Å². The van der Waals surface area contributed by atoms with E-state index in [-0.39, 0.29) is 6.42 Å². The van der Waals surface area contributed by atoms with Crippen molar-refractivity contribution in [1.82, 2.24) is 14.8 Å². The molecule has 1 unspecified atom stereocenters. The summed E-state index contributed by atoms with van der Waals surface area (Å²) < 4.78 is 27.2. The van der Waals surface area contributed by atoms with Crippen LogP contribution in [0.15, 0.2) is 5.16 Å². The second-order valence-corrected chi connectivity index (χ2v) is 5.36. The standard InChI is InChI=1S/C10H16F2N4S/c1-16-8(2-4-13)14-15-9(16)17-5-3-7-6-10(7,11)12/h7H,2-6,13H2,1H3. The molecule has 0 aromatic carbocycles. The van der Waals surface area contributed by atoms with Gasteiger partial charge in [-0.15, -0.1) is 10.2 Å². The maximum absolute atomic E-state index is 12.6. The van der Waals surface area contributed by atoms with Gasteiger partial charge in [0.05, 0.1) is 0 Å². The molecule has 1 aromatic rings. The van der Waals surface area contributed by atoms with E-state index in [9.17, 15) is 8.78 Å². The minimum Gasteiger partial charge on any atom is -0.330 e. The molecule has 2 rings (SSSR count). The van der Waals surface area contributed by atoms with Crippen LogP contribution >= 0.6 is 11.8 Å². The van der Waals surface area contributed by atoms with Crippen LogP contribution < -0.4 is 5.73 Å². The van der Waals surface area contributed by atoms with Crippen LogP contribution in [0.3, 0.4) is 0 Å². The number of thioether (sulfide) groups is 1. The molecule has 1 aromatic heterocycles. The van der Waals surface area contributed by atoms with Crippen molar-refractivity contribution < 1.29 is 8.78 Å². The van der Waals surface area contributed by atoms with Crippen molar-refractivity contribution in [3.63, 3.8) is 0 Å². The first-order valence-corrected chi connectivity index (χ1v) is 6.62. The molecule has 0 radical (unpaired) electrons. The molecule has 0 amide bonds. The van der Waals surface area contributed by atoms with Gasteiger partial charge in [-0.1, -0.05) is 11.8 Å². The number of hydrogen-bond acceptors (Lipinski definition) is 4. The molecule has 1 aliphatic carbocycles. The molecule has 0 bridgehead atoms. The Balaban J connectivity index is 1.79. The Morgan fingerprint density at radius 3 is 2.82 bits per heavy atom. The quantitative estimate of drug-likeness (QED) is 0.788. The van der Waals surface area contributed by atoms with Gasteiger partial charge in [-0.25, -0.2) is 8.78 Å². The zero-order valence-electron chi connectivity index (χ0n) is 9.70. The van der Waals surface area contributed by atoms with Crippen molar-refractivity contribution in [1.29, 1.82) is 0 Å². The molecule has 96 valence electrons. The summed E-state index contributed by atoms with van der Waals surface area (Å²) in [5.41, 5.74) is 5.45. The van der Waals surface area contributed by atoms with Crippen molar-refractivity contribution in [3.05, 3.63) is 5.82 Å². The number of alkyl halides is 2. The van der Waals surface area contributed by atoms with Crippen molar-refractivity contribution in [2.45, 2.75) is 30.3 Å². The minimum atomic E-state index is -2.41. The third kappa shape index (κ3) is 2.95. The van der Waals surface area contributed by atoms with Gasteiger partial charge in [0.2, 0.25) is 0 Å². The lowest BCUT2D eigenvalue weighted by molar-refractivity contribution is 0.0983. The van der Waals surface area contributed by atoms with Gasteiger partial charge in [-0.05, 0) is 13.0 Å². The molecule has 1 saturated carbocycles. The predicted octanol–water partition coefficient (Wildman–Crippen LogP) is 1.45. The Morgan fingerprint density at radius 1 is 1.53 bits per heavy atom. The largest absolute Gasteiger partial charge is 0.330 e. The van der Waals surface area contributed by atoms with Gasteiger partial charge in [-0.2, -0.15) is 0 Å². The van der Waals surface area contributed by atoms with Crippen LogP contribution in [0.2, 0.25) is 0 Å². The molecule has 1 atom stereocenters. The number of nitrogens with zero attached hydrogens (tertiary/aromatic N) is 3. The van der Waals surface area contributed by atoms with Crippen molar-refractivity contribution in [3.8, 4) is 0 Å². The van der Waals surface area contributed by atoms with E-state index < -0.39 is 11.8 Å². The Labute approximate surface area is 103 Å². The first-order valence-electron chi connectivity index (χ1n) is 5.63. The molecule has 0 spiro atoms. The molecule has 4 nitrogen and oxygen atoms in total. The molecule has 1 aliphatic rings. The lowest BCUT2D eigenvalue weighted by Crippen LogP contribution is -2.08. The van der Waals surface area contributed by atoms with Crippen molar-refractivity contribution >= 4 is 11.8 Å². The number of hydrogen-bond donors (Lipinski definition) is 1. The summed E-state index contributed by atoms with van der Waals surface area (Å²) in [4.78, 5) is 0. The molecule has 0 saturated heterocycles. The van der Waals surface area contributed by atoms with E-state index in [0.29, 0.717) is 25.1 Å². The van der Waals surface area contributed by atoms with Crippen LogP contribution in [0.4, 0.5) is 8.78 Å². The summed E-state index contributed by atoms with van der Waals surface area (Å²) in [6, 6.07) is 0. The molecule has 2 N–H and O–H groups in total. The smallest absolute Gasteiger partial charge is 0.251 e. The lowest BCUT2D eigenvalue weighted by Gasteiger charge is -2.02. The van der Waals surface area contributed by atoms with Gasteiger partial charge in [0.15, 0.2) is 5.16 Å². The van der Waals surface area contributed by atoms with E-state index in [2.05, 4.69) is 10.2 Å². The Morgan fingerprint density at radius 2 is 2.24 bits per heavy atom. The second kappa shape index (κ2) is 4.89. The van der Waals surface area contributed by atoms with Crippen molar-refractivity contribution in [2.24, 2.45) is 18.7 Å². The second-order valence-electron chi connectivity index (χ2n) is 4.30. The lowest BCUT2D eigenvalue weighted by atomic mass is 10.3. The van der Waals surface area contributed by atoms with Crippen molar-refractivity contribution in [2.75, 3.05) is 12.3 Å². The third-order valence-corrected chi connectivity index (χ3v) is 4.00. The van der Waals surface area contributed by atoms with E-state index in [0.717, 1.165) is 11.0 Å². The zero-order valence-corrected chi connectivity index (χ0v) is 10.5. The normalized spacial score (nSPS) is 21.8. The first-order chi connectivity index (χ1) is 8.04. The van der Waals surface area contributed by atoms with Gasteiger partial charge < -0.3 is 10.3 Å². The van der Waals surface area contributed by atoms with Crippen LogP contribution in [0.1, 0.15) is 18.7 Å². The predicted molar refractivity (Wildman–Crippen MR) is 62.2 cm³/mol. The maximum atomic E-state index is 12.6. The van der Waals surface area contributed by atoms with Crippen LogP contribution in [0.5, 0.6) is 0 Å². The van der Waals surface area contributed by atoms with Crippen LogP contribution in [0, 0.1) is 5.92 Å². The molecule has 7 heteroatoms. The van der Waals surface area contributed by atoms with Gasteiger partial charge >= 0.3 is 0 Å². The topological polar surface area (TPSA) is 56.7 Å². The monoisotopic (exact) mass is 262 g/mol. The summed E-state index contributed by atoms with van der Waals surface area (Å²) >= 11 is 1.48.